The second-order valence-corrected chi connectivity index (χ2v) is 5.77. The molecule has 1 amide bonds. The second-order valence-electron chi connectivity index (χ2n) is 4.50. The lowest BCUT2D eigenvalue weighted by Crippen LogP contribution is -2.24. The summed E-state index contributed by atoms with van der Waals surface area (Å²) in [6, 6.07) is 1.77. The molecule has 92 valence electrons. The molecule has 0 spiro atoms. The highest BCUT2D eigenvalue weighted by Crippen LogP contribution is 2.33. The smallest absolute Gasteiger partial charge is 0.227 e. The summed E-state index contributed by atoms with van der Waals surface area (Å²) in [4.78, 5) is 16.1. The molecule has 1 N–H and O–H groups in total. The van der Waals surface area contributed by atoms with Crippen LogP contribution in [0.2, 0.25) is 5.15 Å². The average Bonchev–Trinajstić information content (AvgIpc) is 2.70. The van der Waals surface area contributed by atoms with Crippen molar-refractivity contribution in [2.75, 3.05) is 5.32 Å². The van der Waals surface area contributed by atoms with Crippen LogP contribution in [0.4, 0.5) is 5.69 Å². The Morgan fingerprint density at radius 1 is 1.59 bits per heavy atom. The standard InChI is InChI=1S/C12H14BrClN2O/c1-7-3-2-4-9(7)12(17)16-10-5-8(13)6-15-11(10)14/h5-7,9H,2-4H2,1H3,(H,16,17). The lowest BCUT2D eigenvalue weighted by Gasteiger charge is -2.15. The molecule has 0 radical (unpaired) electrons. The molecule has 17 heavy (non-hydrogen) atoms. The Bertz CT molecular complexity index is 439. The summed E-state index contributed by atoms with van der Waals surface area (Å²) in [6.07, 6.45) is 4.83. The Hall–Kier alpha value is -0.610. The second kappa shape index (κ2) is 5.36. The van der Waals surface area contributed by atoms with Gasteiger partial charge in [-0.15, -0.1) is 0 Å². The Morgan fingerprint density at radius 2 is 2.35 bits per heavy atom. The minimum atomic E-state index is 0.0526. The van der Waals surface area contributed by atoms with Gasteiger partial charge < -0.3 is 5.32 Å². The summed E-state index contributed by atoms with van der Waals surface area (Å²) < 4.78 is 0.802. The number of rotatable bonds is 2. The van der Waals surface area contributed by atoms with Crippen molar-refractivity contribution in [3.8, 4) is 0 Å². The fraction of sp³-hybridized carbons (Fsp3) is 0.500. The fourth-order valence-corrected chi connectivity index (χ4v) is 2.75. The van der Waals surface area contributed by atoms with Crippen molar-refractivity contribution in [3.05, 3.63) is 21.9 Å². The Balaban J connectivity index is 2.10. The van der Waals surface area contributed by atoms with Crippen molar-refractivity contribution in [1.82, 2.24) is 4.98 Å². The summed E-state index contributed by atoms with van der Waals surface area (Å²) in [5, 5.41) is 3.19. The van der Waals surface area contributed by atoms with Crippen molar-refractivity contribution in [2.24, 2.45) is 11.8 Å². The molecule has 1 aliphatic carbocycles. The first-order chi connectivity index (χ1) is 8.08. The summed E-state index contributed by atoms with van der Waals surface area (Å²) in [7, 11) is 0. The van der Waals surface area contributed by atoms with E-state index in [1.165, 1.54) is 0 Å². The van der Waals surface area contributed by atoms with Gasteiger partial charge in [-0.25, -0.2) is 4.98 Å². The third-order valence-corrected chi connectivity index (χ3v) is 4.00. The molecule has 0 bridgehead atoms. The molecular formula is C12H14BrClN2O. The maximum Gasteiger partial charge on any atom is 0.227 e. The quantitative estimate of drug-likeness (QED) is 0.841. The number of hydrogen-bond acceptors (Lipinski definition) is 2. The molecule has 0 aromatic carbocycles. The largest absolute Gasteiger partial charge is 0.323 e. The van der Waals surface area contributed by atoms with Crippen LogP contribution in [0.25, 0.3) is 0 Å². The predicted octanol–water partition coefficient (Wildman–Crippen LogP) is 3.87. The zero-order valence-electron chi connectivity index (χ0n) is 9.54. The lowest BCUT2D eigenvalue weighted by atomic mass is 9.97. The van der Waals surface area contributed by atoms with E-state index in [0.29, 0.717) is 16.8 Å². The van der Waals surface area contributed by atoms with Gasteiger partial charge in [0.05, 0.1) is 5.69 Å². The zero-order valence-corrected chi connectivity index (χ0v) is 11.9. The molecular weight excluding hydrogens is 304 g/mol. The highest BCUT2D eigenvalue weighted by molar-refractivity contribution is 9.10. The molecule has 2 unspecified atom stereocenters. The third kappa shape index (κ3) is 2.99. The summed E-state index contributed by atoms with van der Waals surface area (Å²) in [5.41, 5.74) is 0.574. The van der Waals surface area contributed by atoms with Crippen molar-refractivity contribution >= 4 is 39.1 Å². The predicted molar refractivity (Wildman–Crippen MR) is 72.1 cm³/mol. The third-order valence-electron chi connectivity index (χ3n) is 3.26. The van der Waals surface area contributed by atoms with Gasteiger partial charge in [-0.3, -0.25) is 4.79 Å². The first-order valence-corrected chi connectivity index (χ1v) is 6.87. The summed E-state index contributed by atoms with van der Waals surface area (Å²) >= 11 is 9.25. The highest BCUT2D eigenvalue weighted by Gasteiger charge is 2.29. The Labute approximate surface area is 114 Å². The Kier molecular flexibility index (Phi) is 4.05. The minimum absolute atomic E-state index is 0.0526. The van der Waals surface area contributed by atoms with Crippen LogP contribution in [0.3, 0.4) is 0 Å². The molecule has 0 aliphatic heterocycles. The molecule has 0 saturated heterocycles. The summed E-state index contributed by atoms with van der Waals surface area (Å²) in [6.45, 7) is 2.12. The number of halogens is 2. The molecule has 1 aromatic rings. The summed E-state index contributed by atoms with van der Waals surface area (Å²) in [5.74, 6) is 0.607. The molecule has 2 atom stereocenters. The van der Waals surface area contributed by atoms with Gasteiger partial charge in [-0.2, -0.15) is 0 Å². The SMILES string of the molecule is CC1CCCC1C(=O)Nc1cc(Br)cnc1Cl. The van der Waals surface area contributed by atoms with Gasteiger partial charge in [-0.1, -0.05) is 24.9 Å². The van der Waals surface area contributed by atoms with Crippen molar-refractivity contribution in [2.45, 2.75) is 26.2 Å². The van der Waals surface area contributed by atoms with Crippen LogP contribution in [0, 0.1) is 11.8 Å². The van der Waals surface area contributed by atoms with Crippen molar-refractivity contribution in [1.29, 1.82) is 0 Å². The van der Waals surface area contributed by atoms with Crippen LogP contribution in [-0.4, -0.2) is 10.9 Å². The zero-order chi connectivity index (χ0) is 12.4. The fourth-order valence-electron chi connectivity index (χ4n) is 2.27. The minimum Gasteiger partial charge on any atom is -0.323 e. The van der Waals surface area contributed by atoms with Gasteiger partial charge in [0.15, 0.2) is 5.15 Å². The number of anilines is 1. The molecule has 5 heteroatoms. The topological polar surface area (TPSA) is 42.0 Å². The van der Waals surface area contributed by atoms with Gasteiger partial charge in [0.2, 0.25) is 5.91 Å². The van der Waals surface area contributed by atoms with Crippen LogP contribution in [-0.2, 0) is 4.79 Å². The van der Waals surface area contributed by atoms with Crippen LogP contribution in [0.1, 0.15) is 26.2 Å². The molecule has 1 fully saturated rings. The number of hydrogen-bond donors (Lipinski definition) is 1. The monoisotopic (exact) mass is 316 g/mol. The van der Waals surface area contributed by atoms with Crippen LogP contribution in [0.15, 0.2) is 16.7 Å². The van der Waals surface area contributed by atoms with E-state index >= 15 is 0 Å². The molecule has 1 saturated carbocycles. The van der Waals surface area contributed by atoms with Gasteiger partial charge in [0, 0.05) is 16.6 Å². The number of nitrogens with zero attached hydrogens (tertiary/aromatic N) is 1. The molecule has 1 heterocycles. The van der Waals surface area contributed by atoms with Gasteiger partial charge in [0.1, 0.15) is 0 Å². The number of amides is 1. The number of carbonyl (C=O) groups is 1. The normalized spacial score (nSPS) is 23.7. The molecule has 1 aromatic heterocycles. The van der Waals surface area contributed by atoms with Crippen LogP contribution >= 0.6 is 27.5 Å². The first kappa shape index (κ1) is 12.8. The molecule has 1 aliphatic rings. The van der Waals surface area contributed by atoms with E-state index in [4.69, 9.17) is 11.6 Å². The van der Waals surface area contributed by atoms with E-state index < -0.39 is 0 Å². The molecule has 2 rings (SSSR count). The van der Waals surface area contributed by atoms with E-state index in [-0.39, 0.29) is 11.8 Å². The van der Waals surface area contributed by atoms with Crippen LogP contribution in [0.5, 0.6) is 0 Å². The van der Waals surface area contributed by atoms with E-state index in [1.807, 2.05) is 0 Å². The maximum atomic E-state index is 12.1. The number of carbonyl (C=O) groups excluding carboxylic acids is 1. The van der Waals surface area contributed by atoms with Crippen molar-refractivity contribution in [3.63, 3.8) is 0 Å². The van der Waals surface area contributed by atoms with E-state index in [2.05, 4.69) is 33.2 Å². The average molecular weight is 318 g/mol. The van der Waals surface area contributed by atoms with Crippen molar-refractivity contribution < 1.29 is 4.79 Å². The maximum absolute atomic E-state index is 12.1. The van der Waals surface area contributed by atoms with E-state index in [1.54, 1.807) is 12.3 Å². The van der Waals surface area contributed by atoms with Gasteiger partial charge >= 0.3 is 0 Å². The Morgan fingerprint density at radius 3 is 3.00 bits per heavy atom. The number of aromatic nitrogens is 1. The van der Waals surface area contributed by atoms with E-state index in [9.17, 15) is 4.79 Å². The van der Waals surface area contributed by atoms with Gasteiger partial charge in [0.25, 0.3) is 0 Å². The first-order valence-electron chi connectivity index (χ1n) is 5.70. The van der Waals surface area contributed by atoms with E-state index in [0.717, 1.165) is 23.7 Å². The number of pyridine rings is 1. The lowest BCUT2D eigenvalue weighted by molar-refractivity contribution is -0.120. The van der Waals surface area contributed by atoms with Crippen LogP contribution < -0.4 is 5.32 Å². The molecule has 3 nitrogen and oxygen atoms in total. The number of nitrogens with one attached hydrogen (secondary N) is 1. The highest BCUT2D eigenvalue weighted by atomic mass is 79.9. The van der Waals surface area contributed by atoms with Gasteiger partial charge in [-0.05, 0) is 40.8 Å².